The van der Waals surface area contributed by atoms with Gasteiger partial charge in [0.05, 0.1) is 59.6 Å². The number of rotatable bonds is 12. The number of ether oxygens (including phenoxy) is 4. The van der Waals surface area contributed by atoms with Crippen LogP contribution in [0.1, 0.15) is 12.8 Å². The normalized spacial score (nSPS) is 10.3. The Balaban J connectivity index is 3.03. The van der Waals surface area contributed by atoms with Crippen molar-refractivity contribution in [3.63, 3.8) is 0 Å². The van der Waals surface area contributed by atoms with E-state index >= 15 is 0 Å². The predicted molar refractivity (Wildman–Crippen MR) is 61.3 cm³/mol. The summed E-state index contributed by atoms with van der Waals surface area (Å²) in [5, 5.41) is 8.33. The van der Waals surface area contributed by atoms with Gasteiger partial charge in [-0.1, -0.05) is 0 Å². The van der Waals surface area contributed by atoms with E-state index in [1.54, 1.807) is 0 Å². The van der Waals surface area contributed by atoms with Crippen molar-refractivity contribution >= 4 is 11.9 Å². The van der Waals surface area contributed by atoms with Gasteiger partial charge in [-0.15, -0.1) is 0 Å². The summed E-state index contributed by atoms with van der Waals surface area (Å²) >= 11 is 0. The van der Waals surface area contributed by atoms with Crippen LogP contribution in [-0.2, 0) is 28.5 Å². The van der Waals surface area contributed by atoms with Gasteiger partial charge in [0.15, 0.2) is 0 Å². The number of carboxylic acids is 1. The third kappa shape index (κ3) is 12.9. The predicted octanol–water partition coefficient (Wildman–Crippen LogP) is 0.0740. The first-order chi connectivity index (χ1) is 8.66. The number of hydrogen-bond acceptors (Lipinski definition) is 6. The lowest BCUT2D eigenvalue weighted by atomic mass is 10.5. The van der Waals surface area contributed by atoms with Crippen LogP contribution in [0.3, 0.4) is 0 Å². The van der Waals surface area contributed by atoms with Crippen LogP contribution in [0.15, 0.2) is 0 Å². The molecule has 18 heavy (non-hydrogen) atoms. The van der Waals surface area contributed by atoms with Crippen molar-refractivity contribution in [1.29, 1.82) is 0 Å². The van der Waals surface area contributed by atoms with Crippen molar-refractivity contribution < 1.29 is 33.6 Å². The molecule has 0 bridgehead atoms. The molecule has 0 aromatic heterocycles. The summed E-state index contributed by atoms with van der Waals surface area (Å²) in [6, 6.07) is 0. The zero-order valence-corrected chi connectivity index (χ0v) is 10.6. The molecule has 7 heteroatoms. The van der Waals surface area contributed by atoms with Crippen molar-refractivity contribution in [3.8, 4) is 0 Å². The van der Waals surface area contributed by atoms with E-state index in [-0.39, 0.29) is 25.4 Å². The summed E-state index contributed by atoms with van der Waals surface area (Å²) in [4.78, 5) is 20.8. The maximum atomic E-state index is 10.7. The molecule has 0 unspecified atom stereocenters. The fraction of sp³-hybridized carbons (Fsp3) is 0.818. The molecule has 0 aromatic carbocycles. The second-order valence-corrected chi connectivity index (χ2v) is 3.31. The zero-order valence-electron chi connectivity index (χ0n) is 10.6. The second-order valence-electron chi connectivity index (χ2n) is 3.31. The van der Waals surface area contributed by atoms with Crippen LogP contribution in [0.25, 0.3) is 0 Å². The number of esters is 1. The Morgan fingerprint density at radius 1 is 0.833 bits per heavy atom. The quantitative estimate of drug-likeness (QED) is 0.394. The highest BCUT2D eigenvalue weighted by molar-refractivity contribution is 5.69. The number of aliphatic carboxylic acids is 1. The van der Waals surface area contributed by atoms with Crippen molar-refractivity contribution in [1.82, 2.24) is 0 Å². The first-order valence-electron chi connectivity index (χ1n) is 5.68. The Morgan fingerprint density at radius 2 is 1.28 bits per heavy atom. The third-order valence-corrected chi connectivity index (χ3v) is 1.88. The summed E-state index contributed by atoms with van der Waals surface area (Å²) < 4.78 is 19.7. The third-order valence-electron chi connectivity index (χ3n) is 1.88. The molecule has 1 N–H and O–H groups in total. The van der Waals surface area contributed by atoms with Gasteiger partial charge in [-0.3, -0.25) is 9.59 Å². The van der Waals surface area contributed by atoms with E-state index in [9.17, 15) is 9.59 Å². The summed E-state index contributed by atoms with van der Waals surface area (Å²) in [5.74, 6) is -1.18. The molecular weight excluding hydrogens is 244 g/mol. The summed E-state index contributed by atoms with van der Waals surface area (Å²) in [6.07, 6.45) is 0.228. The molecule has 0 aromatic rings. The molecule has 0 rings (SSSR count). The van der Waals surface area contributed by atoms with Crippen LogP contribution in [0, 0.1) is 0 Å². The second kappa shape index (κ2) is 12.3. The van der Waals surface area contributed by atoms with Gasteiger partial charge < -0.3 is 24.1 Å². The summed E-state index contributed by atoms with van der Waals surface area (Å²) in [7, 11) is 1.33. The van der Waals surface area contributed by atoms with Crippen molar-refractivity contribution in [2.24, 2.45) is 0 Å². The lowest BCUT2D eigenvalue weighted by molar-refractivity contribution is -0.142. The van der Waals surface area contributed by atoms with Gasteiger partial charge in [0, 0.05) is 0 Å². The molecule has 0 saturated heterocycles. The van der Waals surface area contributed by atoms with Crippen LogP contribution >= 0.6 is 0 Å². The van der Waals surface area contributed by atoms with E-state index in [0.717, 1.165) is 0 Å². The first kappa shape index (κ1) is 16.8. The smallest absolute Gasteiger partial charge is 0.307 e. The Hall–Kier alpha value is -1.18. The first-order valence-corrected chi connectivity index (χ1v) is 5.68. The zero-order chi connectivity index (χ0) is 13.6. The van der Waals surface area contributed by atoms with E-state index in [0.29, 0.717) is 33.0 Å². The van der Waals surface area contributed by atoms with E-state index in [4.69, 9.17) is 19.3 Å². The average Bonchev–Trinajstić information content (AvgIpc) is 2.35. The molecule has 0 aliphatic heterocycles. The SMILES string of the molecule is COC(=O)CCOCCOCCOCCC(=O)O. The number of carbonyl (C=O) groups excluding carboxylic acids is 1. The number of methoxy groups -OCH3 is 1. The number of carboxylic acid groups (broad SMARTS) is 1. The maximum absolute atomic E-state index is 10.7. The van der Waals surface area contributed by atoms with Gasteiger partial charge in [-0.05, 0) is 0 Å². The fourth-order valence-corrected chi connectivity index (χ4v) is 0.959. The molecule has 106 valence electrons. The minimum Gasteiger partial charge on any atom is -0.481 e. The Bertz CT molecular complexity index is 229. The standard InChI is InChI=1S/C11H20O7/c1-15-11(14)3-5-17-7-9-18-8-6-16-4-2-10(12)13/h2-9H2,1H3,(H,12,13). The van der Waals surface area contributed by atoms with Gasteiger partial charge in [0.1, 0.15) is 0 Å². The van der Waals surface area contributed by atoms with Crippen LogP contribution in [0.4, 0.5) is 0 Å². The molecule has 7 nitrogen and oxygen atoms in total. The van der Waals surface area contributed by atoms with Gasteiger partial charge in [0.2, 0.25) is 0 Å². The van der Waals surface area contributed by atoms with Gasteiger partial charge in [-0.2, -0.15) is 0 Å². The summed E-state index contributed by atoms with van der Waals surface area (Å²) in [6.45, 7) is 2.05. The largest absolute Gasteiger partial charge is 0.481 e. The van der Waals surface area contributed by atoms with Crippen LogP contribution in [0.5, 0.6) is 0 Å². The van der Waals surface area contributed by atoms with E-state index in [1.807, 2.05) is 0 Å². The van der Waals surface area contributed by atoms with Gasteiger partial charge in [-0.25, -0.2) is 0 Å². The molecule has 0 amide bonds. The number of hydrogen-bond donors (Lipinski definition) is 1. The highest BCUT2D eigenvalue weighted by Gasteiger charge is 1.99. The Labute approximate surface area is 106 Å². The molecule has 0 heterocycles. The molecular formula is C11H20O7. The Morgan fingerprint density at radius 3 is 1.72 bits per heavy atom. The van der Waals surface area contributed by atoms with Gasteiger partial charge >= 0.3 is 11.9 Å². The molecule has 0 fully saturated rings. The molecule has 0 atom stereocenters. The molecule has 0 aliphatic rings. The molecule has 0 saturated carbocycles. The summed E-state index contributed by atoms with van der Waals surface area (Å²) in [5.41, 5.74) is 0. The molecule has 0 aliphatic carbocycles. The monoisotopic (exact) mass is 264 g/mol. The van der Waals surface area contributed by atoms with Crippen LogP contribution in [0.2, 0.25) is 0 Å². The van der Waals surface area contributed by atoms with Crippen molar-refractivity contribution in [2.45, 2.75) is 12.8 Å². The minimum atomic E-state index is -0.880. The van der Waals surface area contributed by atoms with E-state index < -0.39 is 5.97 Å². The van der Waals surface area contributed by atoms with Crippen LogP contribution in [-0.4, -0.2) is 63.8 Å². The van der Waals surface area contributed by atoms with E-state index in [1.165, 1.54) is 7.11 Å². The highest BCUT2D eigenvalue weighted by Crippen LogP contribution is 1.87. The average molecular weight is 264 g/mol. The van der Waals surface area contributed by atoms with E-state index in [2.05, 4.69) is 4.74 Å². The lowest BCUT2D eigenvalue weighted by Crippen LogP contribution is -2.12. The van der Waals surface area contributed by atoms with Crippen molar-refractivity contribution in [2.75, 3.05) is 46.8 Å². The van der Waals surface area contributed by atoms with Crippen LogP contribution < -0.4 is 0 Å². The molecule has 0 radical (unpaired) electrons. The molecule has 0 spiro atoms. The number of carbonyl (C=O) groups is 2. The highest BCUT2D eigenvalue weighted by atomic mass is 16.5. The lowest BCUT2D eigenvalue weighted by Gasteiger charge is -2.05. The fourth-order valence-electron chi connectivity index (χ4n) is 0.959. The topological polar surface area (TPSA) is 91.3 Å². The van der Waals surface area contributed by atoms with Crippen molar-refractivity contribution in [3.05, 3.63) is 0 Å². The maximum Gasteiger partial charge on any atom is 0.307 e. The minimum absolute atomic E-state index is 0.00333. The Kier molecular flexibility index (Phi) is 11.5. The van der Waals surface area contributed by atoms with Gasteiger partial charge in [0.25, 0.3) is 0 Å².